The lowest BCUT2D eigenvalue weighted by molar-refractivity contribution is -0.274. The number of benzene rings is 2. The molecule has 0 radical (unpaired) electrons. The third kappa shape index (κ3) is 10.2. The Labute approximate surface area is 196 Å². The van der Waals surface area contributed by atoms with E-state index in [0.29, 0.717) is 16.8 Å². The summed E-state index contributed by atoms with van der Waals surface area (Å²) in [5.41, 5.74) is 7.53. The molecule has 0 unspecified atom stereocenters. The zero-order chi connectivity index (χ0) is 22.4. The second-order valence-electron chi connectivity index (χ2n) is 6.70. The van der Waals surface area contributed by atoms with E-state index in [1.54, 1.807) is 38.1 Å². The van der Waals surface area contributed by atoms with Crippen LogP contribution in [-0.4, -0.2) is 26.8 Å². The number of nitrogens with one attached hydrogen (secondary N) is 2. The van der Waals surface area contributed by atoms with Gasteiger partial charge >= 0.3 is 6.36 Å². The molecule has 2 rings (SSSR count). The summed E-state index contributed by atoms with van der Waals surface area (Å²) in [5, 5.41) is 2.76. The van der Waals surface area contributed by atoms with Crippen molar-refractivity contribution in [1.29, 1.82) is 0 Å². The van der Waals surface area contributed by atoms with Gasteiger partial charge in [-0.3, -0.25) is 0 Å². The van der Waals surface area contributed by atoms with Crippen LogP contribution >= 0.6 is 24.0 Å². The smallest absolute Gasteiger partial charge is 0.406 e. The Balaban J connectivity index is 0.00000480. The average Bonchev–Trinajstić information content (AvgIpc) is 2.60. The van der Waals surface area contributed by atoms with Crippen LogP contribution in [0.5, 0.6) is 5.75 Å². The van der Waals surface area contributed by atoms with Crippen LogP contribution in [0.1, 0.15) is 25.0 Å². The fourth-order valence-corrected chi connectivity index (χ4v) is 4.05. The maximum atomic E-state index is 12.2. The lowest BCUT2D eigenvalue weighted by atomic mass is 10.1. The third-order valence-electron chi connectivity index (χ3n) is 3.66. The van der Waals surface area contributed by atoms with Gasteiger partial charge in [0.1, 0.15) is 5.75 Å². The molecule has 0 fully saturated rings. The van der Waals surface area contributed by atoms with Crippen molar-refractivity contribution in [3.63, 3.8) is 0 Å². The maximum absolute atomic E-state index is 12.2. The standard InChI is InChI=1S/C19H23F3N4O3S.HI/c1-13(2)26-30(27,28)12-15-6-4-3-5-14(15)11-24-18(23)25-16-7-9-17(10-8-16)29-19(20,21)22;/h3-10,13,26H,11-12H2,1-2H3,(H3,23,24,25);1H. The van der Waals surface area contributed by atoms with Crippen LogP contribution in [0.25, 0.3) is 0 Å². The number of hydrogen-bond acceptors (Lipinski definition) is 4. The fraction of sp³-hybridized carbons (Fsp3) is 0.316. The molecule has 172 valence electrons. The molecule has 7 nitrogen and oxygen atoms in total. The Bertz CT molecular complexity index is 982. The van der Waals surface area contributed by atoms with Crippen LogP contribution in [-0.2, 0) is 22.3 Å². The fourth-order valence-electron chi connectivity index (χ4n) is 2.56. The van der Waals surface area contributed by atoms with Gasteiger partial charge in [0.05, 0.1) is 12.3 Å². The number of nitrogens with zero attached hydrogens (tertiary/aromatic N) is 1. The third-order valence-corrected chi connectivity index (χ3v) is 5.18. The number of ether oxygens (including phenoxy) is 1. The number of aliphatic imine (C=N–C) groups is 1. The Hall–Kier alpha value is -2.06. The van der Waals surface area contributed by atoms with E-state index in [-0.39, 0.29) is 54.0 Å². The number of rotatable bonds is 8. The van der Waals surface area contributed by atoms with Crippen molar-refractivity contribution in [2.45, 2.75) is 38.5 Å². The molecule has 2 aromatic carbocycles. The van der Waals surface area contributed by atoms with Crippen molar-refractivity contribution in [1.82, 2.24) is 4.72 Å². The van der Waals surface area contributed by atoms with Gasteiger partial charge in [-0.2, -0.15) is 0 Å². The van der Waals surface area contributed by atoms with Crippen LogP contribution in [0.4, 0.5) is 18.9 Å². The molecule has 12 heteroatoms. The molecular formula is C19H24F3IN4O3S. The van der Waals surface area contributed by atoms with E-state index in [4.69, 9.17) is 5.73 Å². The van der Waals surface area contributed by atoms with E-state index in [0.717, 1.165) is 12.1 Å². The lowest BCUT2D eigenvalue weighted by Crippen LogP contribution is -2.31. The van der Waals surface area contributed by atoms with Crippen LogP contribution < -0.4 is 20.5 Å². The molecule has 0 spiro atoms. The first-order valence-corrected chi connectivity index (χ1v) is 10.6. The number of sulfonamides is 1. The minimum absolute atomic E-state index is 0. The highest BCUT2D eigenvalue weighted by molar-refractivity contribution is 14.0. The van der Waals surface area contributed by atoms with Gasteiger partial charge in [-0.05, 0) is 49.2 Å². The quantitative estimate of drug-likeness (QED) is 0.253. The summed E-state index contributed by atoms with van der Waals surface area (Å²) in [5.74, 6) is -0.517. The Morgan fingerprint density at radius 1 is 1.10 bits per heavy atom. The molecule has 0 aliphatic rings. The van der Waals surface area contributed by atoms with Gasteiger partial charge in [-0.1, -0.05) is 24.3 Å². The monoisotopic (exact) mass is 572 g/mol. The molecule has 0 bridgehead atoms. The van der Waals surface area contributed by atoms with E-state index in [9.17, 15) is 21.6 Å². The molecule has 0 aromatic heterocycles. The predicted octanol–water partition coefficient (Wildman–Crippen LogP) is 3.96. The minimum atomic E-state index is -4.76. The summed E-state index contributed by atoms with van der Waals surface area (Å²) in [6.45, 7) is 3.60. The number of nitrogens with two attached hydrogens (primary N) is 1. The number of guanidine groups is 1. The normalized spacial score (nSPS) is 12.4. The highest BCUT2D eigenvalue weighted by Gasteiger charge is 2.30. The molecule has 0 aliphatic heterocycles. The molecule has 0 aliphatic carbocycles. The van der Waals surface area contributed by atoms with Crippen LogP contribution in [0.2, 0.25) is 0 Å². The summed E-state index contributed by atoms with van der Waals surface area (Å²) < 4.78 is 67.3. The Morgan fingerprint density at radius 2 is 1.68 bits per heavy atom. The Morgan fingerprint density at radius 3 is 2.23 bits per heavy atom. The van der Waals surface area contributed by atoms with E-state index in [2.05, 4.69) is 19.8 Å². The van der Waals surface area contributed by atoms with Gasteiger partial charge in [-0.15, -0.1) is 37.1 Å². The molecule has 0 amide bonds. The SMILES string of the molecule is CC(C)NS(=O)(=O)Cc1ccccc1CN=C(N)Nc1ccc(OC(F)(F)F)cc1.I. The largest absolute Gasteiger partial charge is 0.573 e. The van der Waals surface area contributed by atoms with Gasteiger partial charge in [0.25, 0.3) is 0 Å². The van der Waals surface area contributed by atoms with Crippen LogP contribution in [0.15, 0.2) is 53.5 Å². The molecule has 2 aromatic rings. The summed E-state index contributed by atoms with van der Waals surface area (Å²) >= 11 is 0. The number of halogens is 4. The molecule has 0 heterocycles. The average molecular weight is 572 g/mol. The van der Waals surface area contributed by atoms with Crippen LogP contribution in [0, 0.1) is 0 Å². The van der Waals surface area contributed by atoms with Crippen molar-refractivity contribution in [2.24, 2.45) is 10.7 Å². The van der Waals surface area contributed by atoms with E-state index < -0.39 is 16.4 Å². The van der Waals surface area contributed by atoms with Crippen molar-refractivity contribution in [2.75, 3.05) is 5.32 Å². The molecular weight excluding hydrogens is 548 g/mol. The highest BCUT2D eigenvalue weighted by Crippen LogP contribution is 2.24. The number of hydrogen-bond donors (Lipinski definition) is 3. The van der Waals surface area contributed by atoms with Gasteiger partial charge < -0.3 is 15.8 Å². The van der Waals surface area contributed by atoms with Gasteiger partial charge in [0, 0.05) is 11.7 Å². The zero-order valence-electron chi connectivity index (χ0n) is 16.8. The first-order valence-electron chi connectivity index (χ1n) is 8.93. The molecule has 4 N–H and O–H groups in total. The van der Waals surface area contributed by atoms with Gasteiger partial charge in [0.15, 0.2) is 5.96 Å². The molecule has 0 atom stereocenters. The van der Waals surface area contributed by atoms with Crippen molar-refractivity contribution >= 4 is 45.6 Å². The predicted molar refractivity (Wildman–Crippen MR) is 125 cm³/mol. The number of alkyl halides is 3. The van der Waals surface area contributed by atoms with E-state index >= 15 is 0 Å². The summed E-state index contributed by atoms with van der Waals surface area (Å²) in [7, 11) is -3.50. The minimum Gasteiger partial charge on any atom is -0.406 e. The van der Waals surface area contributed by atoms with Crippen molar-refractivity contribution < 1.29 is 26.3 Å². The van der Waals surface area contributed by atoms with Crippen molar-refractivity contribution in [3.05, 3.63) is 59.7 Å². The van der Waals surface area contributed by atoms with Gasteiger partial charge in [0.2, 0.25) is 10.0 Å². The maximum Gasteiger partial charge on any atom is 0.573 e. The molecule has 0 saturated carbocycles. The summed E-state index contributed by atoms with van der Waals surface area (Å²) in [6, 6.07) is 11.7. The highest BCUT2D eigenvalue weighted by atomic mass is 127. The topological polar surface area (TPSA) is 106 Å². The first-order chi connectivity index (χ1) is 13.9. The number of anilines is 1. The van der Waals surface area contributed by atoms with E-state index in [1.807, 2.05) is 0 Å². The summed E-state index contributed by atoms with van der Waals surface area (Å²) in [6.07, 6.45) is -4.76. The van der Waals surface area contributed by atoms with E-state index in [1.165, 1.54) is 12.1 Å². The lowest BCUT2D eigenvalue weighted by Gasteiger charge is -2.12. The summed E-state index contributed by atoms with van der Waals surface area (Å²) in [4.78, 5) is 4.18. The van der Waals surface area contributed by atoms with Crippen molar-refractivity contribution in [3.8, 4) is 5.75 Å². The van der Waals surface area contributed by atoms with Gasteiger partial charge in [-0.25, -0.2) is 18.1 Å². The zero-order valence-corrected chi connectivity index (χ0v) is 20.0. The first kappa shape index (κ1) is 27.0. The Kier molecular flexibility index (Phi) is 10.0. The van der Waals surface area contributed by atoms with Crippen LogP contribution in [0.3, 0.4) is 0 Å². The molecule has 0 saturated heterocycles. The molecule has 31 heavy (non-hydrogen) atoms. The second kappa shape index (κ2) is 11.5. The second-order valence-corrected chi connectivity index (χ2v) is 8.45.